The SMILES string of the molecule is COc1cc(/C(C)=N\NC(=O)c2c(CN3CCOCC3)nnn2-c2nonc2N)ccc1OCc1cccc2ccccc12. The van der Waals surface area contributed by atoms with Crippen LogP contribution in [0.2, 0.25) is 0 Å². The van der Waals surface area contributed by atoms with Crippen molar-refractivity contribution in [3.63, 3.8) is 0 Å². The lowest BCUT2D eigenvalue weighted by Crippen LogP contribution is -2.36. The molecular weight excluding hydrogens is 566 g/mol. The number of methoxy groups -OCH3 is 1. The zero-order valence-electron chi connectivity index (χ0n) is 24.3. The highest BCUT2D eigenvalue weighted by Gasteiger charge is 2.27. The number of nitrogens with one attached hydrogen (secondary N) is 1. The van der Waals surface area contributed by atoms with Crippen LogP contribution in [0.15, 0.2) is 70.4 Å². The van der Waals surface area contributed by atoms with Crippen LogP contribution in [0.25, 0.3) is 16.6 Å². The first-order valence-corrected chi connectivity index (χ1v) is 14.0. The van der Waals surface area contributed by atoms with E-state index in [0.717, 1.165) is 21.9 Å². The average Bonchev–Trinajstić information content (AvgIpc) is 3.68. The Morgan fingerprint density at radius 2 is 1.89 bits per heavy atom. The molecule has 0 unspecified atom stereocenters. The summed E-state index contributed by atoms with van der Waals surface area (Å²) in [6.07, 6.45) is 0. The largest absolute Gasteiger partial charge is 0.493 e. The number of ether oxygens (including phenoxy) is 3. The molecule has 1 saturated heterocycles. The smallest absolute Gasteiger partial charge is 0.292 e. The van der Waals surface area contributed by atoms with Gasteiger partial charge in [0, 0.05) is 25.2 Å². The molecule has 0 atom stereocenters. The number of nitrogens with zero attached hydrogens (tertiary/aromatic N) is 7. The molecule has 0 saturated carbocycles. The highest BCUT2D eigenvalue weighted by Crippen LogP contribution is 2.30. The van der Waals surface area contributed by atoms with Gasteiger partial charge >= 0.3 is 0 Å². The molecule has 1 amide bonds. The number of amides is 1. The lowest BCUT2D eigenvalue weighted by atomic mass is 10.1. The van der Waals surface area contributed by atoms with E-state index in [4.69, 9.17) is 24.6 Å². The molecule has 0 bridgehead atoms. The summed E-state index contributed by atoms with van der Waals surface area (Å²) in [7, 11) is 1.58. The van der Waals surface area contributed by atoms with Crippen molar-refractivity contribution in [2.24, 2.45) is 5.10 Å². The molecule has 6 rings (SSSR count). The van der Waals surface area contributed by atoms with E-state index >= 15 is 0 Å². The lowest BCUT2D eigenvalue weighted by molar-refractivity contribution is 0.0335. The minimum Gasteiger partial charge on any atom is -0.493 e. The summed E-state index contributed by atoms with van der Waals surface area (Å²) >= 11 is 0. The summed E-state index contributed by atoms with van der Waals surface area (Å²) in [4.78, 5) is 15.6. The van der Waals surface area contributed by atoms with Gasteiger partial charge in [0.1, 0.15) is 12.3 Å². The molecule has 14 heteroatoms. The summed E-state index contributed by atoms with van der Waals surface area (Å²) in [6.45, 7) is 5.10. The Labute approximate surface area is 252 Å². The molecule has 1 aliphatic heterocycles. The van der Waals surface area contributed by atoms with Gasteiger partial charge in [-0.3, -0.25) is 9.69 Å². The molecule has 0 radical (unpaired) electrons. The number of nitrogen functional groups attached to an aromatic ring is 1. The second kappa shape index (κ2) is 12.9. The Hall–Kier alpha value is -5.34. The van der Waals surface area contributed by atoms with Gasteiger partial charge < -0.3 is 19.9 Å². The van der Waals surface area contributed by atoms with E-state index in [-0.39, 0.29) is 17.3 Å². The van der Waals surface area contributed by atoms with Crippen LogP contribution in [0.1, 0.15) is 34.2 Å². The van der Waals surface area contributed by atoms with Crippen molar-refractivity contribution < 1.29 is 23.6 Å². The standard InChI is InChI=1S/C30H31N9O5/c1-19(21-10-11-25(26(16-21)41-2)43-18-22-8-5-7-20-6-3-4-9-23(20)22)32-34-30(40)27-24(17-38-12-14-42-15-13-38)33-37-39(27)29-28(31)35-44-36-29/h3-11,16H,12-15,17-18H2,1-2H3,(H2,31,35)(H,34,40)/b32-19-. The van der Waals surface area contributed by atoms with Crippen molar-refractivity contribution in [1.82, 2.24) is 35.6 Å². The van der Waals surface area contributed by atoms with E-state index < -0.39 is 5.91 Å². The molecular formula is C30H31N9O5. The fourth-order valence-corrected chi connectivity index (χ4v) is 4.94. The maximum Gasteiger partial charge on any atom is 0.292 e. The number of carbonyl (C=O) groups excluding carboxylic acids is 1. The fourth-order valence-electron chi connectivity index (χ4n) is 4.94. The van der Waals surface area contributed by atoms with Gasteiger partial charge in [-0.05, 0) is 51.8 Å². The van der Waals surface area contributed by atoms with E-state index in [1.165, 1.54) is 4.68 Å². The predicted molar refractivity (Wildman–Crippen MR) is 161 cm³/mol. The van der Waals surface area contributed by atoms with Crippen molar-refractivity contribution in [2.75, 3.05) is 39.1 Å². The molecule has 14 nitrogen and oxygen atoms in total. The number of nitrogens with two attached hydrogens (primary N) is 1. The first kappa shape index (κ1) is 28.8. The van der Waals surface area contributed by atoms with Crippen LogP contribution in [0.4, 0.5) is 5.82 Å². The first-order chi connectivity index (χ1) is 21.5. The molecule has 0 spiro atoms. The molecule has 5 aromatic rings. The van der Waals surface area contributed by atoms with Gasteiger partial charge in [-0.25, -0.2) is 10.1 Å². The van der Waals surface area contributed by atoms with Gasteiger partial charge in [0.05, 0.1) is 26.0 Å². The predicted octanol–water partition coefficient (Wildman–Crippen LogP) is 2.96. The van der Waals surface area contributed by atoms with Crippen LogP contribution in [0.3, 0.4) is 0 Å². The number of carbonyl (C=O) groups is 1. The Morgan fingerprint density at radius 3 is 2.68 bits per heavy atom. The molecule has 1 fully saturated rings. The van der Waals surface area contributed by atoms with Gasteiger partial charge in [-0.2, -0.15) is 9.78 Å². The normalized spacial score (nSPS) is 14.1. The summed E-state index contributed by atoms with van der Waals surface area (Å²) in [5.74, 6) is 0.592. The third kappa shape index (κ3) is 6.07. The van der Waals surface area contributed by atoms with Crippen LogP contribution < -0.4 is 20.6 Å². The number of hydrogen-bond donors (Lipinski definition) is 2. The van der Waals surface area contributed by atoms with Crippen molar-refractivity contribution in [2.45, 2.75) is 20.1 Å². The van der Waals surface area contributed by atoms with Crippen LogP contribution in [0, 0.1) is 0 Å². The molecule has 2 aromatic heterocycles. The van der Waals surface area contributed by atoms with Gasteiger partial charge in [0.15, 0.2) is 17.2 Å². The highest BCUT2D eigenvalue weighted by atomic mass is 16.6. The van der Waals surface area contributed by atoms with Gasteiger partial charge in [0.25, 0.3) is 5.91 Å². The second-order valence-electron chi connectivity index (χ2n) is 10.1. The molecule has 3 aromatic carbocycles. The first-order valence-electron chi connectivity index (χ1n) is 14.0. The number of aromatic nitrogens is 5. The van der Waals surface area contributed by atoms with Crippen molar-refractivity contribution in [3.8, 4) is 17.3 Å². The van der Waals surface area contributed by atoms with E-state index in [0.29, 0.717) is 62.4 Å². The Kier molecular flexibility index (Phi) is 8.43. The van der Waals surface area contributed by atoms with Crippen molar-refractivity contribution >= 4 is 28.2 Å². The second-order valence-corrected chi connectivity index (χ2v) is 10.1. The molecule has 44 heavy (non-hydrogen) atoms. The van der Waals surface area contributed by atoms with Crippen molar-refractivity contribution in [3.05, 3.63) is 83.2 Å². The maximum absolute atomic E-state index is 13.5. The third-order valence-electron chi connectivity index (χ3n) is 7.30. The lowest BCUT2D eigenvalue weighted by Gasteiger charge is -2.25. The quantitative estimate of drug-likeness (QED) is 0.179. The average molecular weight is 598 g/mol. The molecule has 0 aliphatic carbocycles. The fraction of sp³-hybridized carbons (Fsp3) is 0.267. The van der Waals surface area contributed by atoms with E-state index in [1.54, 1.807) is 20.1 Å². The summed E-state index contributed by atoms with van der Waals surface area (Å²) in [6, 6.07) is 19.8. The summed E-state index contributed by atoms with van der Waals surface area (Å²) < 4.78 is 23.1. The van der Waals surface area contributed by atoms with Crippen LogP contribution in [0.5, 0.6) is 11.5 Å². The monoisotopic (exact) mass is 597 g/mol. The minimum atomic E-state index is -0.554. The number of morpholine rings is 1. The number of benzene rings is 3. The van der Waals surface area contributed by atoms with Crippen molar-refractivity contribution in [1.29, 1.82) is 0 Å². The van der Waals surface area contributed by atoms with Gasteiger partial charge in [-0.1, -0.05) is 47.7 Å². The van der Waals surface area contributed by atoms with Crippen LogP contribution in [-0.2, 0) is 17.9 Å². The van der Waals surface area contributed by atoms with E-state index in [2.05, 4.69) is 54.3 Å². The summed E-state index contributed by atoms with van der Waals surface area (Å²) in [5.41, 5.74) is 11.4. The van der Waals surface area contributed by atoms with Crippen LogP contribution in [-0.4, -0.2) is 75.2 Å². The molecule has 226 valence electrons. The van der Waals surface area contributed by atoms with E-state index in [1.807, 2.05) is 36.4 Å². The topological polar surface area (TPSA) is 168 Å². The number of rotatable bonds is 10. The molecule has 3 N–H and O–H groups in total. The third-order valence-corrected chi connectivity index (χ3v) is 7.30. The molecule has 1 aliphatic rings. The number of anilines is 1. The Balaban J connectivity index is 1.19. The number of hydrazone groups is 1. The summed E-state index contributed by atoms with van der Waals surface area (Å²) in [5, 5.41) is 22.3. The van der Waals surface area contributed by atoms with E-state index in [9.17, 15) is 4.79 Å². The maximum atomic E-state index is 13.5. The minimum absolute atomic E-state index is 0.0311. The zero-order chi connectivity index (χ0) is 30.5. The molecule has 3 heterocycles. The Bertz CT molecular complexity index is 1800. The Morgan fingerprint density at radius 1 is 1.07 bits per heavy atom. The van der Waals surface area contributed by atoms with Crippen LogP contribution >= 0.6 is 0 Å². The highest BCUT2D eigenvalue weighted by molar-refractivity contribution is 6.01. The number of hydrogen-bond acceptors (Lipinski definition) is 12. The van der Waals surface area contributed by atoms with Gasteiger partial charge in [-0.15, -0.1) is 5.10 Å². The van der Waals surface area contributed by atoms with Gasteiger partial charge in [0.2, 0.25) is 11.6 Å². The number of fused-ring (bicyclic) bond motifs is 1. The zero-order valence-corrected chi connectivity index (χ0v) is 24.3.